The van der Waals surface area contributed by atoms with Crippen molar-refractivity contribution >= 4 is 34.3 Å². The topological polar surface area (TPSA) is 123 Å². The van der Waals surface area contributed by atoms with Crippen LogP contribution in [0.1, 0.15) is 26.5 Å². The molecule has 0 unspecified atom stereocenters. The van der Waals surface area contributed by atoms with E-state index in [0.717, 1.165) is 0 Å². The number of carbonyl (C=O) groups is 3. The molecule has 128 valence electrons. The van der Waals surface area contributed by atoms with Crippen LogP contribution >= 0.6 is 11.3 Å². The Morgan fingerprint density at radius 2 is 2.09 bits per heavy atom. The highest BCUT2D eigenvalue weighted by Crippen LogP contribution is 2.15. The van der Waals surface area contributed by atoms with Gasteiger partial charge in [0.15, 0.2) is 5.13 Å². The summed E-state index contributed by atoms with van der Waals surface area (Å²) < 4.78 is 4.82. The van der Waals surface area contributed by atoms with Gasteiger partial charge in [-0.05, 0) is 12.8 Å². The first-order chi connectivity index (χ1) is 10.8. The summed E-state index contributed by atoms with van der Waals surface area (Å²) in [4.78, 5) is 38.8. The van der Waals surface area contributed by atoms with Gasteiger partial charge < -0.3 is 21.1 Å². The molecule has 1 aromatic rings. The SMILES string of the molecule is CCOC(=O)Cc1csc(NC(=O)CNC(=O)[C@@H](N)C(C)C)n1. The molecule has 1 rings (SSSR count). The number of nitrogens with two attached hydrogens (primary N) is 1. The van der Waals surface area contributed by atoms with E-state index in [0.29, 0.717) is 17.4 Å². The summed E-state index contributed by atoms with van der Waals surface area (Å²) in [6, 6.07) is -0.654. The van der Waals surface area contributed by atoms with Crippen LogP contribution in [0.2, 0.25) is 0 Å². The highest BCUT2D eigenvalue weighted by atomic mass is 32.1. The highest BCUT2D eigenvalue weighted by molar-refractivity contribution is 7.13. The molecule has 23 heavy (non-hydrogen) atoms. The molecule has 9 heteroatoms. The number of esters is 1. The van der Waals surface area contributed by atoms with Gasteiger partial charge in [0.2, 0.25) is 11.8 Å². The van der Waals surface area contributed by atoms with E-state index in [1.54, 1.807) is 12.3 Å². The summed E-state index contributed by atoms with van der Waals surface area (Å²) in [7, 11) is 0. The maximum Gasteiger partial charge on any atom is 0.311 e. The van der Waals surface area contributed by atoms with Gasteiger partial charge in [-0.3, -0.25) is 14.4 Å². The van der Waals surface area contributed by atoms with Gasteiger partial charge in [-0.1, -0.05) is 13.8 Å². The van der Waals surface area contributed by atoms with Gasteiger partial charge in [-0.2, -0.15) is 0 Å². The number of amides is 2. The summed E-state index contributed by atoms with van der Waals surface area (Å²) in [5.74, 6) is -1.17. The Balaban J connectivity index is 2.42. The summed E-state index contributed by atoms with van der Waals surface area (Å²) in [6.07, 6.45) is 0.0557. The zero-order valence-corrected chi connectivity index (χ0v) is 14.2. The molecule has 0 aliphatic carbocycles. The number of ether oxygens (including phenoxy) is 1. The molecule has 0 saturated carbocycles. The first-order valence-corrected chi connectivity index (χ1v) is 8.14. The van der Waals surface area contributed by atoms with Crippen molar-refractivity contribution in [1.82, 2.24) is 10.3 Å². The molecule has 0 aromatic carbocycles. The minimum absolute atomic E-state index is 0.0116. The quantitative estimate of drug-likeness (QED) is 0.583. The van der Waals surface area contributed by atoms with Crippen molar-refractivity contribution in [3.63, 3.8) is 0 Å². The number of hydrogen-bond donors (Lipinski definition) is 3. The summed E-state index contributed by atoms with van der Waals surface area (Å²) >= 11 is 1.20. The van der Waals surface area contributed by atoms with Gasteiger partial charge in [-0.25, -0.2) is 4.98 Å². The Bertz CT molecular complexity index is 559. The molecule has 0 fully saturated rings. The summed E-state index contributed by atoms with van der Waals surface area (Å²) in [5.41, 5.74) is 6.20. The van der Waals surface area contributed by atoms with Gasteiger partial charge >= 0.3 is 5.97 Å². The number of rotatable bonds is 8. The maximum atomic E-state index is 11.8. The zero-order chi connectivity index (χ0) is 17.4. The predicted molar refractivity (Wildman–Crippen MR) is 86.9 cm³/mol. The van der Waals surface area contributed by atoms with Crippen LogP contribution in [0.3, 0.4) is 0 Å². The highest BCUT2D eigenvalue weighted by Gasteiger charge is 2.18. The molecule has 4 N–H and O–H groups in total. The lowest BCUT2D eigenvalue weighted by molar-refractivity contribution is -0.142. The van der Waals surface area contributed by atoms with E-state index in [1.807, 2.05) is 13.8 Å². The Hall–Kier alpha value is -2.00. The van der Waals surface area contributed by atoms with Gasteiger partial charge in [0.1, 0.15) is 0 Å². The largest absolute Gasteiger partial charge is 0.466 e. The third-order valence-electron chi connectivity index (χ3n) is 2.87. The molecule has 0 aliphatic rings. The van der Waals surface area contributed by atoms with E-state index in [2.05, 4.69) is 15.6 Å². The van der Waals surface area contributed by atoms with Crippen LogP contribution in [-0.2, 0) is 25.5 Å². The van der Waals surface area contributed by atoms with Crippen molar-refractivity contribution in [2.75, 3.05) is 18.5 Å². The average molecular weight is 342 g/mol. The van der Waals surface area contributed by atoms with Crippen LogP contribution in [0.4, 0.5) is 5.13 Å². The molecular formula is C14H22N4O4S. The van der Waals surface area contributed by atoms with Crippen molar-refractivity contribution in [3.8, 4) is 0 Å². The number of thiazole rings is 1. The second-order valence-electron chi connectivity index (χ2n) is 5.16. The molecule has 0 saturated heterocycles. The monoisotopic (exact) mass is 342 g/mol. The fraction of sp³-hybridized carbons (Fsp3) is 0.571. The number of carbonyl (C=O) groups excluding carboxylic acids is 3. The summed E-state index contributed by atoms with van der Waals surface area (Å²) in [5, 5.41) is 7.04. The Morgan fingerprint density at radius 1 is 1.39 bits per heavy atom. The number of nitrogens with one attached hydrogen (secondary N) is 2. The molecule has 1 aromatic heterocycles. The van der Waals surface area contributed by atoms with E-state index in [9.17, 15) is 14.4 Å². The number of nitrogens with zero attached hydrogens (tertiary/aromatic N) is 1. The van der Waals surface area contributed by atoms with Crippen molar-refractivity contribution < 1.29 is 19.1 Å². The van der Waals surface area contributed by atoms with Crippen molar-refractivity contribution in [2.45, 2.75) is 33.2 Å². The van der Waals surface area contributed by atoms with E-state index in [4.69, 9.17) is 10.5 Å². The second kappa shape index (κ2) is 9.21. The average Bonchev–Trinajstić information content (AvgIpc) is 2.90. The fourth-order valence-corrected chi connectivity index (χ4v) is 2.28. The standard InChI is InChI=1S/C14H22N4O4S/c1-4-22-11(20)5-9-7-23-14(17-9)18-10(19)6-16-13(21)12(15)8(2)3/h7-8,12H,4-6,15H2,1-3H3,(H,16,21)(H,17,18,19)/t12-/m0/s1. The van der Waals surface area contributed by atoms with Crippen LogP contribution in [0.5, 0.6) is 0 Å². The zero-order valence-electron chi connectivity index (χ0n) is 13.4. The molecule has 1 atom stereocenters. The van der Waals surface area contributed by atoms with Crippen molar-refractivity contribution in [3.05, 3.63) is 11.1 Å². The lowest BCUT2D eigenvalue weighted by Crippen LogP contribution is -2.46. The molecular weight excluding hydrogens is 320 g/mol. The minimum atomic E-state index is -0.654. The number of anilines is 1. The molecule has 0 aliphatic heterocycles. The van der Waals surface area contributed by atoms with Crippen LogP contribution in [0, 0.1) is 5.92 Å². The minimum Gasteiger partial charge on any atom is -0.466 e. The van der Waals surface area contributed by atoms with Crippen LogP contribution in [-0.4, -0.2) is 42.0 Å². The first-order valence-electron chi connectivity index (χ1n) is 7.26. The van der Waals surface area contributed by atoms with Gasteiger partial charge in [0, 0.05) is 5.38 Å². The first kappa shape index (κ1) is 19.0. The molecule has 0 spiro atoms. The normalized spacial score (nSPS) is 11.9. The van der Waals surface area contributed by atoms with Crippen molar-refractivity contribution in [2.24, 2.45) is 11.7 Å². The van der Waals surface area contributed by atoms with E-state index >= 15 is 0 Å². The third-order valence-corrected chi connectivity index (χ3v) is 3.68. The molecule has 0 radical (unpaired) electrons. The van der Waals surface area contributed by atoms with Crippen molar-refractivity contribution in [1.29, 1.82) is 0 Å². The van der Waals surface area contributed by atoms with Crippen LogP contribution < -0.4 is 16.4 Å². The molecule has 8 nitrogen and oxygen atoms in total. The second-order valence-corrected chi connectivity index (χ2v) is 6.02. The van der Waals surface area contributed by atoms with E-state index in [1.165, 1.54) is 11.3 Å². The van der Waals surface area contributed by atoms with E-state index in [-0.39, 0.29) is 30.8 Å². The lowest BCUT2D eigenvalue weighted by atomic mass is 10.1. The lowest BCUT2D eigenvalue weighted by Gasteiger charge is -2.14. The van der Waals surface area contributed by atoms with Gasteiger partial charge in [0.25, 0.3) is 0 Å². The molecule has 1 heterocycles. The molecule has 0 bridgehead atoms. The van der Waals surface area contributed by atoms with Crippen LogP contribution in [0.15, 0.2) is 5.38 Å². The van der Waals surface area contributed by atoms with Crippen LogP contribution in [0.25, 0.3) is 0 Å². The van der Waals surface area contributed by atoms with E-state index < -0.39 is 11.9 Å². The number of hydrogen-bond acceptors (Lipinski definition) is 7. The third kappa shape index (κ3) is 6.74. The smallest absolute Gasteiger partial charge is 0.311 e. The fourth-order valence-electron chi connectivity index (χ4n) is 1.56. The Labute approximate surface area is 138 Å². The Kier molecular flexibility index (Phi) is 7.63. The predicted octanol–water partition coefficient (Wildman–Crippen LogP) is 0.287. The molecule has 2 amide bonds. The van der Waals surface area contributed by atoms with Gasteiger partial charge in [-0.15, -0.1) is 11.3 Å². The maximum absolute atomic E-state index is 11.8. The van der Waals surface area contributed by atoms with Gasteiger partial charge in [0.05, 0.1) is 31.3 Å². The Morgan fingerprint density at radius 3 is 2.70 bits per heavy atom. The summed E-state index contributed by atoms with van der Waals surface area (Å²) in [6.45, 7) is 5.50. The number of aromatic nitrogens is 1.